The number of aliphatic hydroxyl groups is 5. The summed E-state index contributed by atoms with van der Waals surface area (Å²) in [6, 6.07) is 0. The fourth-order valence-electron chi connectivity index (χ4n) is 6.87. The van der Waals surface area contributed by atoms with Gasteiger partial charge in [-0.3, -0.25) is 13.8 Å². The summed E-state index contributed by atoms with van der Waals surface area (Å²) in [7, 11) is -5.03. The van der Waals surface area contributed by atoms with Gasteiger partial charge in [0.05, 0.1) is 13.2 Å². The fraction of sp³-hybridized carbons (Fsp3) is 0.771. The van der Waals surface area contributed by atoms with Gasteiger partial charge in [-0.1, -0.05) is 152 Å². The molecule has 1 aliphatic rings. The van der Waals surface area contributed by atoms with E-state index in [0.717, 1.165) is 83.5 Å². The van der Waals surface area contributed by atoms with Gasteiger partial charge in [-0.2, -0.15) is 0 Å². The monoisotopic (exact) mass is 885 g/mol. The van der Waals surface area contributed by atoms with E-state index >= 15 is 0 Å². The maximum absolute atomic E-state index is 12.8. The van der Waals surface area contributed by atoms with Crippen LogP contribution in [-0.4, -0.2) is 98.9 Å². The van der Waals surface area contributed by atoms with Crippen LogP contribution >= 0.6 is 7.82 Å². The van der Waals surface area contributed by atoms with E-state index in [1.54, 1.807) is 0 Å². The number of phosphoric ester groups is 1. The van der Waals surface area contributed by atoms with Gasteiger partial charge in [-0.15, -0.1) is 0 Å². The molecule has 0 heterocycles. The molecule has 13 heteroatoms. The Balaban J connectivity index is 2.42. The van der Waals surface area contributed by atoms with Crippen LogP contribution in [0.4, 0.5) is 0 Å². The molecule has 6 unspecified atom stereocenters. The number of carbonyl (C=O) groups is 1. The Morgan fingerprint density at radius 2 is 0.967 bits per heavy atom. The number of ether oxygens (including phenoxy) is 2. The van der Waals surface area contributed by atoms with Crippen molar-refractivity contribution in [3.63, 3.8) is 0 Å². The number of carbonyl (C=O) groups excluding carboxylic acids is 1. The first-order valence-corrected chi connectivity index (χ1v) is 25.1. The number of esters is 1. The van der Waals surface area contributed by atoms with Crippen molar-refractivity contribution in [3.05, 3.63) is 60.8 Å². The summed E-state index contributed by atoms with van der Waals surface area (Å²) in [6.45, 7) is 4.10. The van der Waals surface area contributed by atoms with Crippen LogP contribution in [-0.2, 0) is 27.9 Å². The second kappa shape index (κ2) is 38.5. The van der Waals surface area contributed by atoms with Gasteiger partial charge in [0.2, 0.25) is 0 Å². The van der Waals surface area contributed by atoms with E-state index in [2.05, 4.69) is 74.6 Å². The van der Waals surface area contributed by atoms with E-state index in [9.17, 15) is 39.8 Å². The summed E-state index contributed by atoms with van der Waals surface area (Å²) < 4.78 is 34.2. The third kappa shape index (κ3) is 30.7. The van der Waals surface area contributed by atoms with Crippen LogP contribution in [0.25, 0.3) is 0 Å². The van der Waals surface area contributed by atoms with Crippen LogP contribution in [0.2, 0.25) is 0 Å². The molecule has 1 fully saturated rings. The van der Waals surface area contributed by atoms with Gasteiger partial charge in [-0.25, -0.2) is 4.57 Å². The minimum atomic E-state index is -5.03. The Labute approximate surface area is 368 Å². The van der Waals surface area contributed by atoms with Crippen LogP contribution in [0.5, 0.6) is 0 Å². The fourth-order valence-corrected chi connectivity index (χ4v) is 7.84. The third-order valence-electron chi connectivity index (χ3n) is 10.6. The van der Waals surface area contributed by atoms with Crippen LogP contribution in [0, 0.1) is 0 Å². The SMILES string of the molecule is CC/C=C\C/C=C\C/C=C\C/C=C\CCCCCCC(=O)OC(COCCCCCCCC/C=C\CCCCCCCCC)COP(=O)(O)OC1C(O)C(O)C(O)C(O)C1O. The zero-order valence-electron chi connectivity index (χ0n) is 37.7. The Kier molecular flexibility index (Phi) is 36.0. The van der Waals surface area contributed by atoms with Gasteiger partial charge >= 0.3 is 13.8 Å². The molecule has 0 aromatic rings. The van der Waals surface area contributed by atoms with Gasteiger partial charge in [0.1, 0.15) is 42.7 Å². The summed E-state index contributed by atoms with van der Waals surface area (Å²) in [4.78, 5) is 23.2. The van der Waals surface area contributed by atoms with Crippen molar-refractivity contribution in [2.75, 3.05) is 19.8 Å². The van der Waals surface area contributed by atoms with Crippen molar-refractivity contribution in [3.8, 4) is 0 Å². The van der Waals surface area contributed by atoms with Gasteiger partial charge in [0, 0.05) is 13.0 Å². The number of hydrogen-bond donors (Lipinski definition) is 6. The average Bonchev–Trinajstić information content (AvgIpc) is 3.24. The van der Waals surface area contributed by atoms with Crippen LogP contribution in [0.3, 0.4) is 0 Å². The number of hydrogen-bond acceptors (Lipinski definition) is 11. The molecule has 0 radical (unpaired) electrons. The first kappa shape index (κ1) is 57.1. The minimum Gasteiger partial charge on any atom is -0.457 e. The highest BCUT2D eigenvalue weighted by molar-refractivity contribution is 7.47. The van der Waals surface area contributed by atoms with E-state index < -0.39 is 63.1 Å². The molecule has 1 aliphatic carbocycles. The number of aliphatic hydroxyl groups excluding tert-OH is 5. The van der Waals surface area contributed by atoms with Crippen molar-refractivity contribution in [2.24, 2.45) is 0 Å². The van der Waals surface area contributed by atoms with Gasteiger partial charge in [-0.05, 0) is 77.0 Å². The molecule has 1 rings (SSSR count). The normalized spacial score (nSPS) is 22.7. The zero-order valence-corrected chi connectivity index (χ0v) is 38.6. The molecule has 6 atom stereocenters. The van der Waals surface area contributed by atoms with Crippen molar-refractivity contribution in [2.45, 2.75) is 217 Å². The molecule has 6 N–H and O–H groups in total. The Hall–Kier alpha value is -1.96. The Morgan fingerprint density at radius 3 is 1.49 bits per heavy atom. The summed E-state index contributed by atoms with van der Waals surface area (Å²) in [5, 5.41) is 50.2. The first-order valence-electron chi connectivity index (χ1n) is 23.6. The molecule has 354 valence electrons. The molecule has 0 aliphatic heterocycles. The van der Waals surface area contributed by atoms with Crippen molar-refractivity contribution >= 4 is 13.8 Å². The molecule has 0 amide bonds. The predicted molar refractivity (Wildman–Crippen MR) is 244 cm³/mol. The first-order chi connectivity index (χ1) is 29.5. The smallest absolute Gasteiger partial charge is 0.457 e. The third-order valence-corrected chi connectivity index (χ3v) is 11.6. The largest absolute Gasteiger partial charge is 0.472 e. The van der Waals surface area contributed by atoms with E-state index in [-0.39, 0.29) is 13.0 Å². The van der Waals surface area contributed by atoms with E-state index in [4.69, 9.17) is 18.5 Å². The molecule has 1 saturated carbocycles. The zero-order chi connectivity index (χ0) is 44.8. The van der Waals surface area contributed by atoms with Crippen molar-refractivity contribution in [1.82, 2.24) is 0 Å². The molecular weight excluding hydrogens is 799 g/mol. The lowest BCUT2D eigenvalue weighted by molar-refractivity contribution is -0.220. The van der Waals surface area contributed by atoms with Crippen molar-refractivity contribution < 1.29 is 58.3 Å². The quantitative estimate of drug-likeness (QED) is 0.0148. The second-order valence-electron chi connectivity index (χ2n) is 16.2. The maximum Gasteiger partial charge on any atom is 0.472 e. The summed E-state index contributed by atoms with van der Waals surface area (Å²) in [6.07, 6.45) is 35.7. The number of phosphoric acid groups is 1. The highest BCUT2D eigenvalue weighted by Crippen LogP contribution is 2.47. The summed E-state index contributed by atoms with van der Waals surface area (Å²) in [5.41, 5.74) is 0. The molecule has 0 aromatic carbocycles. The van der Waals surface area contributed by atoms with Gasteiger partial charge < -0.3 is 39.9 Å². The lowest BCUT2D eigenvalue weighted by Gasteiger charge is -2.41. The van der Waals surface area contributed by atoms with E-state index in [0.29, 0.717) is 13.0 Å². The van der Waals surface area contributed by atoms with E-state index in [1.807, 2.05) is 0 Å². The molecule has 61 heavy (non-hydrogen) atoms. The molecular formula is C48H85O12P. The molecule has 0 spiro atoms. The summed E-state index contributed by atoms with van der Waals surface area (Å²) in [5.74, 6) is -0.504. The Morgan fingerprint density at radius 1 is 0.541 bits per heavy atom. The van der Waals surface area contributed by atoms with Crippen LogP contribution < -0.4 is 0 Å². The highest BCUT2D eigenvalue weighted by Gasteiger charge is 2.51. The van der Waals surface area contributed by atoms with E-state index in [1.165, 1.54) is 64.2 Å². The van der Waals surface area contributed by atoms with Crippen molar-refractivity contribution in [1.29, 1.82) is 0 Å². The molecule has 0 aromatic heterocycles. The Bertz CT molecular complexity index is 1240. The maximum atomic E-state index is 12.8. The molecule has 0 saturated heterocycles. The topological polar surface area (TPSA) is 192 Å². The number of allylic oxidation sites excluding steroid dienone is 10. The second-order valence-corrected chi connectivity index (χ2v) is 17.6. The minimum absolute atomic E-state index is 0.0932. The standard InChI is InChI=1S/C48H85O12P/c1-3-5-7-9-11-13-15-17-19-21-23-25-27-29-31-33-35-37-42(49)59-41(40-58-61(55,56)60-48-46(53)44(51)43(50)45(52)47(48)54)39-57-38-36-34-32-30-28-26-24-22-20-18-16-14-12-10-8-6-4-2/h5,7,11,13,17,19-20,22-23,25,41,43-48,50-54H,3-4,6,8-10,12,14-16,18,21,24,26-40H2,1-2H3,(H,55,56)/b7-5-,13-11-,19-17-,22-20-,25-23-. The number of unbranched alkanes of at least 4 members (excludes halogenated alkanes) is 17. The summed E-state index contributed by atoms with van der Waals surface area (Å²) >= 11 is 0. The predicted octanol–water partition coefficient (Wildman–Crippen LogP) is 9.81. The average molecular weight is 885 g/mol. The highest BCUT2D eigenvalue weighted by atomic mass is 31.2. The van der Waals surface area contributed by atoms with Gasteiger partial charge in [0.25, 0.3) is 0 Å². The van der Waals surface area contributed by atoms with Gasteiger partial charge in [0.15, 0.2) is 0 Å². The molecule has 12 nitrogen and oxygen atoms in total. The van der Waals surface area contributed by atoms with Crippen LogP contribution in [0.1, 0.15) is 174 Å². The molecule has 0 bridgehead atoms. The number of rotatable bonds is 39. The lowest BCUT2D eigenvalue weighted by atomic mass is 9.85. The van der Waals surface area contributed by atoms with Crippen LogP contribution in [0.15, 0.2) is 60.8 Å². The lowest BCUT2D eigenvalue weighted by Crippen LogP contribution is -2.64.